The molecule has 2 nitrogen and oxygen atoms in total. The SMILES string of the molecule is CN1CCC(c2nc(Cl)cs2)C1. The molecule has 1 aromatic heterocycles. The van der Waals surface area contributed by atoms with Crippen LogP contribution < -0.4 is 0 Å². The Bertz CT molecular complexity index is 274. The van der Waals surface area contributed by atoms with Gasteiger partial charge < -0.3 is 4.90 Å². The summed E-state index contributed by atoms with van der Waals surface area (Å²) in [5.41, 5.74) is 0. The van der Waals surface area contributed by atoms with Gasteiger partial charge in [-0.25, -0.2) is 4.98 Å². The molecule has 0 aliphatic carbocycles. The second kappa shape index (κ2) is 3.32. The molecular weight excluding hydrogens is 192 g/mol. The van der Waals surface area contributed by atoms with Gasteiger partial charge in [-0.1, -0.05) is 11.6 Å². The van der Waals surface area contributed by atoms with Gasteiger partial charge in [-0.15, -0.1) is 11.3 Å². The average Bonchev–Trinajstić information content (AvgIpc) is 2.58. The minimum atomic E-state index is 0.618. The summed E-state index contributed by atoms with van der Waals surface area (Å²) in [5, 5.41) is 3.75. The van der Waals surface area contributed by atoms with Crippen molar-refractivity contribution in [3.8, 4) is 0 Å². The standard InChI is InChI=1S/C8H11ClN2S/c1-11-3-2-6(4-11)8-10-7(9)5-12-8/h5-6H,2-4H2,1H3. The van der Waals surface area contributed by atoms with E-state index in [9.17, 15) is 0 Å². The summed E-state index contributed by atoms with van der Waals surface area (Å²) in [7, 11) is 2.15. The third-order valence-electron chi connectivity index (χ3n) is 2.23. The highest BCUT2D eigenvalue weighted by molar-refractivity contribution is 7.10. The fourth-order valence-electron chi connectivity index (χ4n) is 1.59. The van der Waals surface area contributed by atoms with Crippen LogP contribution in [0.25, 0.3) is 0 Å². The van der Waals surface area contributed by atoms with Crippen molar-refractivity contribution in [3.05, 3.63) is 15.5 Å². The lowest BCUT2D eigenvalue weighted by molar-refractivity contribution is 0.411. The molecule has 1 unspecified atom stereocenters. The first kappa shape index (κ1) is 8.48. The number of hydrogen-bond donors (Lipinski definition) is 0. The number of halogens is 1. The van der Waals surface area contributed by atoms with Crippen LogP contribution in [0, 0.1) is 0 Å². The van der Waals surface area contributed by atoms with Gasteiger partial charge in [-0.2, -0.15) is 0 Å². The number of thiazole rings is 1. The Kier molecular flexibility index (Phi) is 2.35. The monoisotopic (exact) mass is 202 g/mol. The molecule has 0 N–H and O–H groups in total. The number of rotatable bonds is 1. The van der Waals surface area contributed by atoms with Crippen molar-refractivity contribution in [3.63, 3.8) is 0 Å². The van der Waals surface area contributed by atoms with E-state index >= 15 is 0 Å². The first-order valence-corrected chi connectivity index (χ1v) is 5.31. The van der Waals surface area contributed by atoms with E-state index in [1.807, 2.05) is 5.38 Å². The zero-order valence-corrected chi connectivity index (χ0v) is 8.53. The van der Waals surface area contributed by atoms with E-state index in [0.717, 1.165) is 6.54 Å². The van der Waals surface area contributed by atoms with Crippen LogP contribution in [0.5, 0.6) is 0 Å². The topological polar surface area (TPSA) is 16.1 Å². The largest absolute Gasteiger partial charge is 0.306 e. The lowest BCUT2D eigenvalue weighted by atomic mass is 10.1. The predicted molar refractivity (Wildman–Crippen MR) is 52.0 cm³/mol. The number of likely N-dealkylation sites (N-methyl/N-ethyl adjacent to an activating group) is 1. The summed E-state index contributed by atoms with van der Waals surface area (Å²) in [6.45, 7) is 2.31. The Morgan fingerprint density at radius 3 is 3.08 bits per heavy atom. The molecule has 0 aromatic carbocycles. The summed E-state index contributed by atoms with van der Waals surface area (Å²) >= 11 is 7.44. The maximum Gasteiger partial charge on any atom is 0.140 e. The summed E-state index contributed by atoms with van der Waals surface area (Å²) in [5.74, 6) is 0.618. The quantitative estimate of drug-likeness (QED) is 0.695. The Labute approximate surface area is 81.2 Å². The molecule has 1 aromatic rings. The molecule has 1 aliphatic rings. The van der Waals surface area contributed by atoms with Gasteiger partial charge in [0.05, 0.1) is 5.01 Å². The molecule has 66 valence electrons. The minimum absolute atomic E-state index is 0.618. The molecule has 2 rings (SSSR count). The lowest BCUT2D eigenvalue weighted by Crippen LogP contribution is -2.13. The van der Waals surface area contributed by atoms with Crippen LogP contribution >= 0.6 is 22.9 Å². The van der Waals surface area contributed by atoms with Crippen LogP contribution in [0.4, 0.5) is 0 Å². The summed E-state index contributed by atoms with van der Waals surface area (Å²) in [6.07, 6.45) is 1.22. The van der Waals surface area contributed by atoms with Gasteiger partial charge in [0.15, 0.2) is 0 Å². The van der Waals surface area contributed by atoms with Gasteiger partial charge in [0, 0.05) is 17.8 Å². The summed E-state index contributed by atoms with van der Waals surface area (Å²) < 4.78 is 0. The Morgan fingerprint density at radius 2 is 2.58 bits per heavy atom. The molecule has 0 amide bonds. The second-order valence-corrected chi connectivity index (χ2v) is 4.53. The number of hydrogen-bond acceptors (Lipinski definition) is 3. The Morgan fingerprint density at radius 1 is 1.75 bits per heavy atom. The lowest BCUT2D eigenvalue weighted by Gasteiger charge is -2.06. The number of likely N-dealkylation sites (tertiary alicyclic amines) is 1. The second-order valence-electron chi connectivity index (χ2n) is 3.26. The molecule has 1 atom stereocenters. The van der Waals surface area contributed by atoms with Crippen molar-refractivity contribution in [2.24, 2.45) is 0 Å². The van der Waals surface area contributed by atoms with Crippen LogP contribution in [0.1, 0.15) is 17.3 Å². The molecule has 2 heterocycles. The first-order chi connectivity index (χ1) is 5.75. The normalized spacial score (nSPS) is 25.0. The van der Waals surface area contributed by atoms with Crippen LogP contribution in [-0.2, 0) is 0 Å². The van der Waals surface area contributed by atoms with Gasteiger partial charge in [-0.3, -0.25) is 0 Å². The van der Waals surface area contributed by atoms with E-state index in [-0.39, 0.29) is 0 Å². The van der Waals surface area contributed by atoms with Gasteiger partial charge in [0.25, 0.3) is 0 Å². The fourth-order valence-corrected chi connectivity index (χ4v) is 2.67. The maximum atomic E-state index is 5.76. The smallest absolute Gasteiger partial charge is 0.140 e. The van der Waals surface area contributed by atoms with Gasteiger partial charge in [0.2, 0.25) is 0 Å². The summed E-state index contributed by atoms with van der Waals surface area (Å²) in [6, 6.07) is 0. The molecule has 4 heteroatoms. The van der Waals surface area contributed by atoms with Gasteiger partial charge in [-0.05, 0) is 20.0 Å². The summed E-state index contributed by atoms with van der Waals surface area (Å²) in [4.78, 5) is 6.62. The van der Waals surface area contributed by atoms with Crippen molar-refractivity contribution < 1.29 is 0 Å². The van der Waals surface area contributed by atoms with E-state index in [4.69, 9.17) is 11.6 Å². The highest BCUT2D eigenvalue weighted by atomic mass is 35.5. The van der Waals surface area contributed by atoms with E-state index in [0.29, 0.717) is 11.1 Å². The molecule has 1 saturated heterocycles. The average molecular weight is 203 g/mol. The molecule has 0 radical (unpaired) electrons. The fraction of sp³-hybridized carbons (Fsp3) is 0.625. The zero-order valence-electron chi connectivity index (χ0n) is 6.96. The first-order valence-electron chi connectivity index (χ1n) is 4.05. The van der Waals surface area contributed by atoms with Crippen molar-refractivity contribution in [1.82, 2.24) is 9.88 Å². The molecule has 0 saturated carbocycles. The highest BCUT2D eigenvalue weighted by Crippen LogP contribution is 2.29. The van der Waals surface area contributed by atoms with Crippen molar-refractivity contribution in [2.75, 3.05) is 20.1 Å². The molecule has 1 fully saturated rings. The third kappa shape index (κ3) is 1.63. The molecule has 0 bridgehead atoms. The highest BCUT2D eigenvalue weighted by Gasteiger charge is 2.23. The zero-order chi connectivity index (χ0) is 8.55. The van der Waals surface area contributed by atoms with E-state index in [2.05, 4.69) is 16.9 Å². The van der Waals surface area contributed by atoms with Gasteiger partial charge >= 0.3 is 0 Å². The van der Waals surface area contributed by atoms with Crippen LogP contribution in [0.15, 0.2) is 5.38 Å². The number of aromatic nitrogens is 1. The van der Waals surface area contributed by atoms with E-state index < -0.39 is 0 Å². The van der Waals surface area contributed by atoms with Gasteiger partial charge in [0.1, 0.15) is 5.15 Å². The molecule has 0 spiro atoms. The molecule has 1 aliphatic heterocycles. The van der Waals surface area contributed by atoms with Crippen LogP contribution in [0.3, 0.4) is 0 Å². The Balaban J connectivity index is 2.11. The van der Waals surface area contributed by atoms with Crippen LogP contribution in [-0.4, -0.2) is 30.0 Å². The van der Waals surface area contributed by atoms with Crippen LogP contribution in [0.2, 0.25) is 5.15 Å². The Hall–Kier alpha value is -0.120. The third-order valence-corrected chi connectivity index (χ3v) is 3.56. The van der Waals surface area contributed by atoms with Crippen molar-refractivity contribution in [2.45, 2.75) is 12.3 Å². The molecular formula is C8H11ClN2S. The van der Waals surface area contributed by atoms with Crippen molar-refractivity contribution in [1.29, 1.82) is 0 Å². The predicted octanol–water partition coefficient (Wildman–Crippen LogP) is 2.22. The minimum Gasteiger partial charge on any atom is -0.306 e. The molecule has 12 heavy (non-hydrogen) atoms. The number of nitrogens with zero attached hydrogens (tertiary/aromatic N) is 2. The van der Waals surface area contributed by atoms with E-state index in [1.54, 1.807) is 11.3 Å². The van der Waals surface area contributed by atoms with Crippen molar-refractivity contribution >= 4 is 22.9 Å². The maximum absolute atomic E-state index is 5.76. The van der Waals surface area contributed by atoms with E-state index in [1.165, 1.54) is 18.0 Å².